The minimum Gasteiger partial charge on any atom is -0.352 e. The highest BCUT2D eigenvalue weighted by atomic mass is 15.3. The van der Waals surface area contributed by atoms with Crippen LogP contribution in [0.3, 0.4) is 0 Å². The van der Waals surface area contributed by atoms with Crippen LogP contribution in [-0.2, 0) is 6.54 Å². The number of hydrogen-bond acceptors (Lipinski definition) is 3. The maximum absolute atomic E-state index is 4.51. The molecule has 0 saturated carbocycles. The minimum atomic E-state index is 1.03. The molecule has 0 atom stereocenters. The van der Waals surface area contributed by atoms with Crippen molar-refractivity contribution in [2.24, 2.45) is 0 Å². The molecule has 3 aromatic rings. The molecule has 0 spiro atoms. The number of rotatable bonds is 3. The van der Waals surface area contributed by atoms with Gasteiger partial charge in [0.25, 0.3) is 0 Å². The van der Waals surface area contributed by atoms with Crippen molar-refractivity contribution in [2.45, 2.75) is 6.54 Å². The van der Waals surface area contributed by atoms with E-state index in [0.717, 1.165) is 44.1 Å². The zero-order chi connectivity index (χ0) is 14.8. The number of benzene rings is 2. The molecule has 4 nitrogen and oxygen atoms in total. The highest BCUT2D eigenvalue weighted by Gasteiger charge is 2.20. The highest BCUT2D eigenvalue weighted by Crippen LogP contribution is 2.24. The first kappa shape index (κ1) is 13.3. The Hall–Kier alpha value is -2.33. The Morgan fingerprint density at radius 2 is 1.59 bits per heavy atom. The van der Waals surface area contributed by atoms with Crippen LogP contribution in [0.5, 0.6) is 0 Å². The summed E-state index contributed by atoms with van der Waals surface area (Å²) in [5, 5.41) is 8.86. The van der Waals surface area contributed by atoms with Crippen molar-refractivity contribution in [2.75, 3.05) is 31.1 Å². The van der Waals surface area contributed by atoms with Gasteiger partial charge in [0.1, 0.15) is 0 Å². The Balaban J connectivity index is 1.43. The molecular weight excluding hydrogens is 272 g/mol. The summed E-state index contributed by atoms with van der Waals surface area (Å²) in [7, 11) is 0. The number of fused-ring (bicyclic) bond motifs is 1. The normalized spacial score (nSPS) is 16.3. The molecular formula is C18H20N4. The Labute approximate surface area is 130 Å². The van der Waals surface area contributed by atoms with Gasteiger partial charge >= 0.3 is 0 Å². The van der Waals surface area contributed by atoms with E-state index in [0.29, 0.717) is 0 Å². The largest absolute Gasteiger partial charge is 0.352 e. The number of H-pyrrole nitrogens is 1. The SMILES string of the molecule is c1ccc(CN2CCN(c3n[nH]c4ccccc34)CC2)cc1. The molecule has 0 aliphatic carbocycles. The molecule has 0 unspecified atom stereocenters. The van der Waals surface area contributed by atoms with Crippen LogP contribution in [0, 0.1) is 0 Å². The first-order valence-corrected chi connectivity index (χ1v) is 7.84. The molecule has 4 heteroatoms. The second-order valence-electron chi connectivity index (χ2n) is 5.84. The Morgan fingerprint density at radius 3 is 2.41 bits per heavy atom. The van der Waals surface area contributed by atoms with Crippen molar-refractivity contribution < 1.29 is 0 Å². The maximum atomic E-state index is 4.51. The summed E-state index contributed by atoms with van der Waals surface area (Å²) in [5.74, 6) is 1.09. The Bertz CT molecular complexity index is 742. The van der Waals surface area contributed by atoms with Crippen molar-refractivity contribution >= 4 is 16.7 Å². The first-order chi connectivity index (χ1) is 10.9. The fourth-order valence-electron chi connectivity index (χ4n) is 3.15. The molecule has 2 aromatic carbocycles. The molecule has 1 aromatic heterocycles. The van der Waals surface area contributed by atoms with Crippen LogP contribution in [0.25, 0.3) is 10.9 Å². The molecule has 112 valence electrons. The lowest BCUT2D eigenvalue weighted by Gasteiger charge is -2.35. The third kappa shape index (κ3) is 2.57. The third-order valence-electron chi connectivity index (χ3n) is 4.37. The molecule has 1 N–H and O–H groups in total. The number of nitrogens with one attached hydrogen (secondary N) is 1. The van der Waals surface area contributed by atoms with Gasteiger partial charge < -0.3 is 4.90 Å². The molecule has 0 bridgehead atoms. The van der Waals surface area contributed by atoms with Gasteiger partial charge in [0.2, 0.25) is 0 Å². The number of para-hydroxylation sites is 1. The van der Waals surface area contributed by atoms with Gasteiger partial charge in [0.05, 0.1) is 5.52 Å². The smallest absolute Gasteiger partial charge is 0.158 e. The second-order valence-corrected chi connectivity index (χ2v) is 5.84. The van der Waals surface area contributed by atoms with E-state index in [-0.39, 0.29) is 0 Å². The molecule has 0 amide bonds. The number of nitrogens with zero attached hydrogens (tertiary/aromatic N) is 3. The van der Waals surface area contributed by atoms with Crippen molar-refractivity contribution in [3.8, 4) is 0 Å². The third-order valence-corrected chi connectivity index (χ3v) is 4.37. The summed E-state index contributed by atoms with van der Waals surface area (Å²) in [5.41, 5.74) is 2.50. The van der Waals surface area contributed by atoms with Crippen molar-refractivity contribution in [1.82, 2.24) is 15.1 Å². The lowest BCUT2D eigenvalue weighted by molar-refractivity contribution is 0.249. The molecule has 1 saturated heterocycles. The minimum absolute atomic E-state index is 1.03. The number of anilines is 1. The monoisotopic (exact) mass is 292 g/mol. The van der Waals surface area contributed by atoms with Crippen LogP contribution in [0.2, 0.25) is 0 Å². The van der Waals surface area contributed by atoms with Crippen LogP contribution in [0.1, 0.15) is 5.56 Å². The van der Waals surface area contributed by atoms with Gasteiger partial charge in [-0.2, -0.15) is 5.10 Å². The predicted molar refractivity (Wildman–Crippen MR) is 90.0 cm³/mol. The quantitative estimate of drug-likeness (QED) is 0.806. The van der Waals surface area contributed by atoms with Crippen LogP contribution in [0.4, 0.5) is 5.82 Å². The van der Waals surface area contributed by atoms with Gasteiger partial charge in [-0.1, -0.05) is 42.5 Å². The predicted octanol–water partition coefficient (Wildman–Crippen LogP) is 2.89. The van der Waals surface area contributed by atoms with E-state index in [2.05, 4.69) is 68.5 Å². The average molecular weight is 292 g/mol. The zero-order valence-electron chi connectivity index (χ0n) is 12.6. The first-order valence-electron chi connectivity index (χ1n) is 7.84. The molecule has 0 radical (unpaired) electrons. The average Bonchev–Trinajstić information content (AvgIpc) is 3.01. The lowest BCUT2D eigenvalue weighted by atomic mass is 10.2. The number of piperazine rings is 1. The number of aromatic nitrogens is 2. The second kappa shape index (κ2) is 5.81. The van der Waals surface area contributed by atoms with Gasteiger partial charge in [-0.25, -0.2) is 0 Å². The topological polar surface area (TPSA) is 35.2 Å². The summed E-state index contributed by atoms with van der Waals surface area (Å²) < 4.78 is 0. The van der Waals surface area contributed by atoms with Crippen LogP contribution in [-0.4, -0.2) is 41.3 Å². The van der Waals surface area contributed by atoms with Crippen molar-refractivity contribution in [1.29, 1.82) is 0 Å². The van der Waals surface area contributed by atoms with Crippen molar-refractivity contribution in [3.63, 3.8) is 0 Å². The summed E-state index contributed by atoms with van der Waals surface area (Å²) >= 11 is 0. The van der Waals surface area contributed by atoms with Gasteiger partial charge in [0, 0.05) is 38.1 Å². The molecule has 4 rings (SSSR count). The van der Waals surface area contributed by atoms with E-state index in [9.17, 15) is 0 Å². The maximum Gasteiger partial charge on any atom is 0.158 e. The fraction of sp³-hybridized carbons (Fsp3) is 0.278. The molecule has 1 aliphatic heterocycles. The summed E-state index contributed by atoms with van der Waals surface area (Å²) in [6.45, 7) is 5.26. The van der Waals surface area contributed by atoms with Gasteiger partial charge in [-0.05, 0) is 17.7 Å². The molecule has 22 heavy (non-hydrogen) atoms. The standard InChI is InChI=1S/C18H20N4/c1-2-6-15(7-3-1)14-21-10-12-22(13-11-21)18-16-8-4-5-9-17(16)19-20-18/h1-9H,10-14H2,(H,19,20). The van der Waals surface area contributed by atoms with E-state index >= 15 is 0 Å². The summed E-state index contributed by atoms with van der Waals surface area (Å²) in [6.07, 6.45) is 0. The van der Waals surface area contributed by atoms with E-state index in [1.807, 2.05) is 6.07 Å². The molecule has 1 fully saturated rings. The van der Waals surface area contributed by atoms with E-state index in [1.165, 1.54) is 10.9 Å². The number of hydrogen-bond donors (Lipinski definition) is 1. The fourth-order valence-corrected chi connectivity index (χ4v) is 3.15. The van der Waals surface area contributed by atoms with E-state index in [4.69, 9.17) is 0 Å². The van der Waals surface area contributed by atoms with Gasteiger partial charge in [-0.15, -0.1) is 0 Å². The van der Waals surface area contributed by atoms with Crippen molar-refractivity contribution in [3.05, 3.63) is 60.2 Å². The highest BCUT2D eigenvalue weighted by molar-refractivity contribution is 5.90. The van der Waals surface area contributed by atoms with Gasteiger partial charge in [0.15, 0.2) is 5.82 Å². The molecule has 1 aliphatic rings. The van der Waals surface area contributed by atoms with E-state index < -0.39 is 0 Å². The van der Waals surface area contributed by atoms with Gasteiger partial charge in [-0.3, -0.25) is 10.00 Å². The van der Waals surface area contributed by atoms with Crippen LogP contribution >= 0.6 is 0 Å². The summed E-state index contributed by atoms with van der Waals surface area (Å²) in [6, 6.07) is 19.0. The number of aromatic amines is 1. The Morgan fingerprint density at radius 1 is 0.864 bits per heavy atom. The lowest BCUT2D eigenvalue weighted by Crippen LogP contribution is -2.46. The van der Waals surface area contributed by atoms with E-state index in [1.54, 1.807) is 0 Å². The van der Waals surface area contributed by atoms with Crippen LogP contribution < -0.4 is 4.90 Å². The van der Waals surface area contributed by atoms with Crippen LogP contribution in [0.15, 0.2) is 54.6 Å². The zero-order valence-corrected chi connectivity index (χ0v) is 12.6. The summed E-state index contributed by atoms with van der Waals surface area (Å²) in [4.78, 5) is 4.90. The Kier molecular flexibility index (Phi) is 3.52. The molecule has 2 heterocycles.